The van der Waals surface area contributed by atoms with Gasteiger partial charge < -0.3 is 14.9 Å². The zero-order chi connectivity index (χ0) is 25.2. The van der Waals surface area contributed by atoms with Gasteiger partial charge in [0.2, 0.25) is 0 Å². The first-order valence-electron chi connectivity index (χ1n) is 10.5. The SMILES string of the molecule is O=C(O)c1ccc(C(O)c2ccc3ccc(C(=O)OCc4ccc(C(F)(F)F)cc4)cc3c2)cc1. The number of carbonyl (C=O) groups excluding carboxylic acids is 1. The molecule has 4 aromatic carbocycles. The van der Waals surface area contributed by atoms with Crippen molar-refractivity contribution in [3.8, 4) is 0 Å². The molecule has 0 spiro atoms. The number of fused-ring (bicyclic) bond motifs is 1. The number of halogens is 3. The molecule has 8 heteroatoms. The van der Waals surface area contributed by atoms with E-state index in [-0.39, 0.29) is 17.7 Å². The molecule has 4 aromatic rings. The third-order valence-corrected chi connectivity index (χ3v) is 5.54. The molecule has 35 heavy (non-hydrogen) atoms. The van der Waals surface area contributed by atoms with Gasteiger partial charge in [-0.05, 0) is 69.9 Å². The maximum absolute atomic E-state index is 12.7. The van der Waals surface area contributed by atoms with E-state index in [1.165, 1.54) is 36.4 Å². The number of aliphatic hydroxyl groups is 1. The number of hydrogen-bond donors (Lipinski definition) is 2. The minimum absolute atomic E-state index is 0.110. The fourth-order valence-electron chi connectivity index (χ4n) is 3.58. The van der Waals surface area contributed by atoms with Crippen LogP contribution >= 0.6 is 0 Å². The Hall–Kier alpha value is -4.17. The molecule has 0 radical (unpaired) electrons. The van der Waals surface area contributed by atoms with E-state index in [0.29, 0.717) is 22.1 Å². The van der Waals surface area contributed by atoms with Gasteiger partial charge in [0.25, 0.3) is 0 Å². The van der Waals surface area contributed by atoms with Gasteiger partial charge in [-0.25, -0.2) is 9.59 Å². The number of aliphatic hydroxyl groups excluding tert-OH is 1. The van der Waals surface area contributed by atoms with Crippen LogP contribution in [0.4, 0.5) is 13.2 Å². The Labute approximate surface area is 198 Å². The number of benzene rings is 4. The smallest absolute Gasteiger partial charge is 0.416 e. The molecule has 2 N–H and O–H groups in total. The molecule has 178 valence electrons. The summed E-state index contributed by atoms with van der Waals surface area (Å²) in [6.07, 6.45) is -5.44. The molecule has 4 rings (SSSR count). The third-order valence-electron chi connectivity index (χ3n) is 5.54. The van der Waals surface area contributed by atoms with Crippen molar-refractivity contribution in [3.63, 3.8) is 0 Å². The van der Waals surface area contributed by atoms with E-state index in [9.17, 15) is 27.9 Å². The van der Waals surface area contributed by atoms with Crippen molar-refractivity contribution in [2.24, 2.45) is 0 Å². The van der Waals surface area contributed by atoms with Gasteiger partial charge in [0, 0.05) is 0 Å². The Morgan fingerprint density at radius 1 is 0.771 bits per heavy atom. The van der Waals surface area contributed by atoms with Crippen LogP contribution in [-0.4, -0.2) is 22.2 Å². The van der Waals surface area contributed by atoms with Crippen molar-refractivity contribution in [2.75, 3.05) is 0 Å². The Bertz CT molecular complexity index is 1380. The number of alkyl halides is 3. The maximum Gasteiger partial charge on any atom is 0.416 e. The molecule has 0 aromatic heterocycles. The average molecular weight is 480 g/mol. The first-order chi connectivity index (χ1) is 16.6. The summed E-state index contributed by atoms with van der Waals surface area (Å²) in [5, 5.41) is 21.2. The highest BCUT2D eigenvalue weighted by Crippen LogP contribution is 2.29. The van der Waals surface area contributed by atoms with Crippen molar-refractivity contribution in [2.45, 2.75) is 18.9 Å². The standard InChI is InChI=1S/C27H19F3O5/c28-27(29,30)23-11-1-16(2-12-23)15-35-26(34)21-10-4-17-3-9-20(13-22(17)14-21)24(31)18-5-7-19(8-6-18)25(32)33/h1-14,24,31H,15H2,(H,32,33). The molecule has 1 atom stereocenters. The Kier molecular flexibility index (Phi) is 6.57. The number of carbonyl (C=O) groups is 2. The number of ether oxygens (including phenoxy) is 1. The molecule has 0 saturated heterocycles. The summed E-state index contributed by atoms with van der Waals surface area (Å²) in [7, 11) is 0. The van der Waals surface area contributed by atoms with E-state index in [1.54, 1.807) is 36.4 Å². The minimum atomic E-state index is -4.44. The quantitative estimate of drug-likeness (QED) is 0.331. The second kappa shape index (κ2) is 9.60. The topological polar surface area (TPSA) is 83.8 Å². The molecule has 0 heterocycles. The molecule has 0 amide bonds. The third kappa shape index (κ3) is 5.50. The fraction of sp³-hybridized carbons (Fsp3) is 0.111. The van der Waals surface area contributed by atoms with Crippen molar-refractivity contribution >= 4 is 22.7 Å². The van der Waals surface area contributed by atoms with Crippen LogP contribution in [0.2, 0.25) is 0 Å². The van der Waals surface area contributed by atoms with Gasteiger partial charge >= 0.3 is 18.1 Å². The van der Waals surface area contributed by atoms with Crippen molar-refractivity contribution in [1.29, 1.82) is 0 Å². The minimum Gasteiger partial charge on any atom is -0.478 e. The lowest BCUT2D eigenvalue weighted by Crippen LogP contribution is -2.07. The van der Waals surface area contributed by atoms with E-state index in [1.807, 2.05) is 0 Å². The van der Waals surface area contributed by atoms with Gasteiger partial charge in [-0.15, -0.1) is 0 Å². The van der Waals surface area contributed by atoms with Gasteiger partial charge in [-0.1, -0.05) is 42.5 Å². The predicted molar refractivity (Wildman–Crippen MR) is 122 cm³/mol. The zero-order valence-corrected chi connectivity index (χ0v) is 18.1. The highest BCUT2D eigenvalue weighted by Gasteiger charge is 2.30. The maximum atomic E-state index is 12.7. The summed E-state index contributed by atoms with van der Waals surface area (Å²) < 4.78 is 43.3. The molecular formula is C27H19F3O5. The van der Waals surface area contributed by atoms with Crippen LogP contribution in [0.5, 0.6) is 0 Å². The highest BCUT2D eigenvalue weighted by molar-refractivity contribution is 5.95. The molecule has 0 aliphatic carbocycles. The summed E-state index contributed by atoms with van der Waals surface area (Å²) in [5.74, 6) is -1.70. The van der Waals surface area contributed by atoms with Crippen LogP contribution in [-0.2, 0) is 17.5 Å². The Balaban J connectivity index is 1.49. The highest BCUT2D eigenvalue weighted by atomic mass is 19.4. The van der Waals surface area contributed by atoms with E-state index in [0.717, 1.165) is 17.5 Å². The fourth-order valence-corrected chi connectivity index (χ4v) is 3.58. The van der Waals surface area contributed by atoms with Crippen LogP contribution in [0.25, 0.3) is 10.8 Å². The second-order valence-corrected chi connectivity index (χ2v) is 7.92. The summed E-state index contributed by atoms with van der Waals surface area (Å²) >= 11 is 0. The number of aromatic carboxylic acids is 1. The first kappa shape index (κ1) is 24.0. The summed E-state index contributed by atoms with van der Waals surface area (Å²) in [5.41, 5.74) is 1.07. The van der Waals surface area contributed by atoms with Crippen LogP contribution < -0.4 is 0 Å². The molecular weight excluding hydrogens is 461 g/mol. The Morgan fingerprint density at radius 3 is 2.00 bits per heavy atom. The molecule has 0 saturated carbocycles. The van der Waals surface area contributed by atoms with E-state index in [2.05, 4.69) is 0 Å². The molecule has 0 aliphatic rings. The summed E-state index contributed by atoms with van der Waals surface area (Å²) in [6.45, 7) is -0.180. The van der Waals surface area contributed by atoms with Gasteiger partial charge in [-0.3, -0.25) is 0 Å². The summed E-state index contributed by atoms with van der Waals surface area (Å²) in [4.78, 5) is 23.5. The molecule has 1 unspecified atom stereocenters. The Morgan fingerprint density at radius 2 is 1.37 bits per heavy atom. The van der Waals surface area contributed by atoms with Gasteiger partial charge in [0.15, 0.2) is 0 Å². The second-order valence-electron chi connectivity index (χ2n) is 7.92. The predicted octanol–water partition coefficient (Wildman–Crippen LogP) is 6.00. The normalized spacial score (nSPS) is 12.3. The molecule has 0 aliphatic heterocycles. The molecule has 5 nitrogen and oxygen atoms in total. The van der Waals surface area contributed by atoms with Crippen molar-refractivity contribution in [3.05, 3.63) is 118 Å². The van der Waals surface area contributed by atoms with Gasteiger partial charge in [-0.2, -0.15) is 13.2 Å². The lowest BCUT2D eigenvalue weighted by Gasteiger charge is -2.13. The lowest BCUT2D eigenvalue weighted by molar-refractivity contribution is -0.137. The zero-order valence-electron chi connectivity index (χ0n) is 18.1. The molecule has 0 fully saturated rings. The summed E-state index contributed by atoms with van der Waals surface area (Å²) in [6, 6.07) is 20.4. The number of hydrogen-bond acceptors (Lipinski definition) is 4. The van der Waals surface area contributed by atoms with Crippen molar-refractivity contribution < 1.29 is 37.7 Å². The number of carboxylic acid groups (broad SMARTS) is 1. The van der Waals surface area contributed by atoms with Crippen LogP contribution in [0.1, 0.15) is 49.1 Å². The van der Waals surface area contributed by atoms with E-state index >= 15 is 0 Å². The molecule has 0 bridgehead atoms. The van der Waals surface area contributed by atoms with Gasteiger partial charge in [0.1, 0.15) is 12.7 Å². The average Bonchev–Trinajstić information content (AvgIpc) is 2.86. The number of carboxylic acids is 1. The van der Waals surface area contributed by atoms with E-state index < -0.39 is 29.8 Å². The number of rotatable bonds is 6. The lowest BCUT2D eigenvalue weighted by atomic mass is 9.97. The van der Waals surface area contributed by atoms with Crippen LogP contribution in [0.3, 0.4) is 0 Å². The van der Waals surface area contributed by atoms with Crippen molar-refractivity contribution in [1.82, 2.24) is 0 Å². The van der Waals surface area contributed by atoms with E-state index in [4.69, 9.17) is 9.84 Å². The van der Waals surface area contributed by atoms with Gasteiger partial charge in [0.05, 0.1) is 16.7 Å². The number of esters is 1. The monoisotopic (exact) mass is 480 g/mol. The first-order valence-corrected chi connectivity index (χ1v) is 10.5. The van der Waals surface area contributed by atoms with Crippen LogP contribution in [0, 0.1) is 0 Å². The largest absolute Gasteiger partial charge is 0.478 e. The van der Waals surface area contributed by atoms with Crippen LogP contribution in [0.15, 0.2) is 84.9 Å².